The summed E-state index contributed by atoms with van der Waals surface area (Å²) >= 11 is 0. The number of amides is 4. The molecule has 3 atom stereocenters. The third kappa shape index (κ3) is 7.12. The predicted molar refractivity (Wildman–Crippen MR) is 180 cm³/mol. The van der Waals surface area contributed by atoms with Gasteiger partial charge in [-0.3, -0.25) is 14.6 Å². The smallest absolute Gasteiger partial charge is 0.332 e. The van der Waals surface area contributed by atoms with Gasteiger partial charge in [0, 0.05) is 25.9 Å². The summed E-state index contributed by atoms with van der Waals surface area (Å²) in [7, 11) is 0. The van der Waals surface area contributed by atoms with Crippen LogP contribution in [-0.2, 0) is 22.6 Å². The molecule has 3 aromatic carbocycles. The summed E-state index contributed by atoms with van der Waals surface area (Å²) in [6, 6.07) is 20.1. The van der Waals surface area contributed by atoms with Crippen molar-refractivity contribution in [3.63, 3.8) is 0 Å². The fourth-order valence-electron chi connectivity index (χ4n) is 6.60. The number of fused-ring (bicyclic) bond motifs is 2. The largest absolute Gasteiger partial charge is 0.491 e. The first-order chi connectivity index (χ1) is 23.4. The maximum absolute atomic E-state index is 14.3. The summed E-state index contributed by atoms with van der Waals surface area (Å²) < 4.78 is 19.1. The Morgan fingerprint density at radius 3 is 2.65 bits per heavy atom. The Balaban J connectivity index is 1.29. The van der Waals surface area contributed by atoms with Crippen LogP contribution in [0.2, 0.25) is 0 Å². The first-order valence-corrected chi connectivity index (χ1v) is 16.2. The molecule has 48 heavy (non-hydrogen) atoms. The second-order valence-electron chi connectivity index (χ2n) is 12.1. The number of nitrogens with one attached hydrogen (secondary N) is 1. The molecule has 1 unspecified atom stereocenters. The number of ether oxygens (including phenoxy) is 1. The quantitative estimate of drug-likeness (QED) is 0.287. The van der Waals surface area contributed by atoms with Gasteiger partial charge in [-0.05, 0) is 39.6 Å². The molecule has 10 nitrogen and oxygen atoms in total. The highest BCUT2D eigenvalue weighted by Gasteiger charge is 2.52. The highest BCUT2D eigenvalue weighted by Crippen LogP contribution is 2.31. The number of carbonyl (C=O) groups is 3. The molecule has 0 spiro atoms. The summed E-state index contributed by atoms with van der Waals surface area (Å²) in [6.45, 7) is 4.71. The summed E-state index contributed by atoms with van der Waals surface area (Å²) in [5, 5.41) is 17.3. The number of hydrogen-bond donors (Lipinski definition) is 2. The number of halogens is 1. The van der Waals surface area contributed by atoms with Gasteiger partial charge < -0.3 is 25.0 Å². The number of aliphatic hydroxyl groups excluding tert-OH is 1. The van der Waals surface area contributed by atoms with Gasteiger partial charge in [0.25, 0.3) is 0 Å². The van der Waals surface area contributed by atoms with Crippen LogP contribution in [0.1, 0.15) is 17.5 Å². The van der Waals surface area contributed by atoms with E-state index in [1.807, 2.05) is 54.6 Å². The second-order valence-corrected chi connectivity index (χ2v) is 12.1. The lowest BCUT2D eigenvalue weighted by molar-refractivity contribution is -0.157. The average molecular weight is 654 g/mol. The number of alkyl halides is 1. The molecular weight excluding hydrogens is 613 g/mol. The fourth-order valence-corrected chi connectivity index (χ4v) is 6.60. The van der Waals surface area contributed by atoms with E-state index in [9.17, 15) is 18.8 Å². The van der Waals surface area contributed by atoms with Crippen molar-refractivity contribution in [2.45, 2.75) is 37.8 Å². The number of allylic oxidation sites excluding steroid dienone is 2. The first-order valence-electron chi connectivity index (χ1n) is 16.2. The number of nitrogens with zero attached hydrogens (tertiary/aromatic N) is 4. The number of rotatable bonds is 12. The number of benzene rings is 3. The molecule has 0 aromatic heterocycles. The lowest BCUT2D eigenvalue weighted by Crippen LogP contribution is -2.66. The topological polar surface area (TPSA) is 106 Å². The van der Waals surface area contributed by atoms with E-state index >= 15 is 0 Å². The summed E-state index contributed by atoms with van der Waals surface area (Å²) in [5.41, 5.74) is 2.62. The van der Waals surface area contributed by atoms with Crippen molar-refractivity contribution in [3.8, 4) is 5.75 Å². The van der Waals surface area contributed by atoms with E-state index in [2.05, 4.69) is 11.9 Å². The molecule has 2 fully saturated rings. The number of hydrazine groups is 1. The van der Waals surface area contributed by atoms with Crippen LogP contribution in [0.25, 0.3) is 10.8 Å². The SMILES string of the molecule is C=CCN(C(=O)NCC1=CCC(F)C=C1)N1CC(=O)N2[C@@H](Cc3ccc(OCCO)cc3)C(=O)N(Cc3cccc4ccccc34)C[C@@H]21. The maximum atomic E-state index is 14.3. The van der Waals surface area contributed by atoms with Gasteiger partial charge in [-0.15, -0.1) is 6.58 Å². The summed E-state index contributed by atoms with van der Waals surface area (Å²) in [5.74, 6) is 0.175. The van der Waals surface area contributed by atoms with E-state index in [-0.39, 0.29) is 64.0 Å². The predicted octanol–water partition coefficient (Wildman–Crippen LogP) is 3.97. The van der Waals surface area contributed by atoms with Crippen molar-refractivity contribution < 1.29 is 28.6 Å². The van der Waals surface area contributed by atoms with Crippen molar-refractivity contribution >= 4 is 28.6 Å². The standard InChI is InChI=1S/C37H40FN5O5/c1-2-18-41(37(47)39-22-27-10-14-30(38)15-11-27)42-25-35(45)43-33(21-26-12-16-31(17-13-26)48-20-19-44)36(46)40(24-34(42)43)23-29-8-5-7-28-6-3-4-9-32(28)29/h2-14,16-17,30,33-34,44H,1,15,18-25H2,(H,39,47)/t30?,33-,34+/m0/s1. The van der Waals surface area contributed by atoms with Crippen LogP contribution in [0.4, 0.5) is 9.18 Å². The zero-order chi connectivity index (χ0) is 33.6. The van der Waals surface area contributed by atoms with Crippen LogP contribution in [0.5, 0.6) is 5.75 Å². The second kappa shape index (κ2) is 14.8. The molecule has 2 saturated heterocycles. The molecular formula is C37H40FN5O5. The van der Waals surface area contributed by atoms with Crippen molar-refractivity contribution in [2.24, 2.45) is 0 Å². The number of hydrogen-bond acceptors (Lipinski definition) is 6. The van der Waals surface area contributed by atoms with Crippen LogP contribution in [-0.4, -0.2) is 101 Å². The van der Waals surface area contributed by atoms with Crippen molar-refractivity contribution in [1.82, 2.24) is 25.1 Å². The molecule has 3 aliphatic rings. The van der Waals surface area contributed by atoms with Crippen LogP contribution in [0, 0.1) is 0 Å². The van der Waals surface area contributed by atoms with E-state index in [1.165, 1.54) is 11.1 Å². The average Bonchev–Trinajstić information content (AvgIpc) is 3.43. The molecule has 0 radical (unpaired) electrons. The summed E-state index contributed by atoms with van der Waals surface area (Å²) in [4.78, 5) is 45.1. The fraction of sp³-hybridized carbons (Fsp3) is 0.324. The molecule has 0 bridgehead atoms. The molecule has 6 rings (SSSR count). The number of urea groups is 1. The highest BCUT2D eigenvalue weighted by molar-refractivity contribution is 5.92. The van der Waals surface area contributed by atoms with Crippen LogP contribution < -0.4 is 10.1 Å². The number of aliphatic hydroxyl groups is 1. The Kier molecular flexibility index (Phi) is 10.2. The van der Waals surface area contributed by atoms with Gasteiger partial charge in [0.1, 0.15) is 30.7 Å². The summed E-state index contributed by atoms with van der Waals surface area (Å²) in [6.07, 6.45) is 5.40. The van der Waals surface area contributed by atoms with E-state index in [0.29, 0.717) is 12.3 Å². The Hall–Kier alpha value is -5.00. The minimum absolute atomic E-state index is 0.0854. The number of carbonyl (C=O) groups excluding carboxylic acids is 3. The zero-order valence-electron chi connectivity index (χ0n) is 26.7. The minimum atomic E-state index is -1.03. The molecule has 4 amide bonds. The van der Waals surface area contributed by atoms with Crippen LogP contribution in [0.3, 0.4) is 0 Å². The van der Waals surface area contributed by atoms with E-state index in [0.717, 1.165) is 27.5 Å². The van der Waals surface area contributed by atoms with Crippen LogP contribution >= 0.6 is 0 Å². The van der Waals surface area contributed by atoms with Crippen molar-refractivity contribution in [3.05, 3.63) is 114 Å². The van der Waals surface area contributed by atoms with Gasteiger partial charge >= 0.3 is 6.03 Å². The molecule has 2 aliphatic heterocycles. The van der Waals surface area contributed by atoms with Gasteiger partial charge in [-0.2, -0.15) is 5.01 Å². The Labute approximate surface area is 279 Å². The van der Waals surface area contributed by atoms with Gasteiger partial charge in [0.2, 0.25) is 11.8 Å². The van der Waals surface area contributed by atoms with Gasteiger partial charge in [-0.25, -0.2) is 9.18 Å². The lowest BCUT2D eigenvalue weighted by atomic mass is 9.99. The van der Waals surface area contributed by atoms with E-state index in [1.54, 1.807) is 45.2 Å². The molecule has 1 aliphatic carbocycles. The van der Waals surface area contributed by atoms with Crippen molar-refractivity contribution in [1.29, 1.82) is 0 Å². The first kappa shape index (κ1) is 32.9. The number of piperazine rings is 1. The lowest BCUT2D eigenvalue weighted by Gasteiger charge is -2.46. The molecule has 2 N–H and O–H groups in total. The van der Waals surface area contributed by atoms with Gasteiger partial charge in [0.05, 0.1) is 26.2 Å². The Morgan fingerprint density at radius 1 is 1.10 bits per heavy atom. The third-order valence-corrected chi connectivity index (χ3v) is 8.93. The van der Waals surface area contributed by atoms with Crippen LogP contribution in [0.15, 0.2) is 103 Å². The minimum Gasteiger partial charge on any atom is -0.491 e. The van der Waals surface area contributed by atoms with E-state index in [4.69, 9.17) is 9.84 Å². The van der Waals surface area contributed by atoms with E-state index < -0.39 is 24.4 Å². The molecule has 250 valence electrons. The Bertz CT molecular complexity index is 1720. The monoisotopic (exact) mass is 653 g/mol. The highest BCUT2D eigenvalue weighted by atomic mass is 19.1. The van der Waals surface area contributed by atoms with Crippen molar-refractivity contribution in [2.75, 3.05) is 39.4 Å². The van der Waals surface area contributed by atoms with Gasteiger partial charge in [-0.1, -0.05) is 78.9 Å². The Morgan fingerprint density at radius 2 is 1.90 bits per heavy atom. The zero-order valence-corrected chi connectivity index (χ0v) is 26.7. The third-order valence-electron chi connectivity index (χ3n) is 8.93. The molecule has 11 heteroatoms. The maximum Gasteiger partial charge on any atom is 0.332 e. The molecule has 3 aromatic rings. The normalized spacial score (nSPS) is 20.9. The molecule has 0 saturated carbocycles. The molecule has 2 heterocycles. The van der Waals surface area contributed by atoms with Gasteiger partial charge in [0.15, 0.2) is 0 Å².